The summed E-state index contributed by atoms with van der Waals surface area (Å²) in [6.45, 7) is 3.82. The molecule has 2 aromatic rings. The monoisotopic (exact) mass is 455 g/mol. The molecule has 5 heteroatoms. The van der Waals surface area contributed by atoms with Crippen LogP contribution in [0, 0.1) is 6.07 Å². The van der Waals surface area contributed by atoms with Crippen molar-refractivity contribution in [2.45, 2.75) is 25.4 Å². The number of aromatic nitrogens is 1. The molecular formula is C15H11F3IrN-. The predicted molar refractivity (Wildman–Crippen MR) is 65.6 cm³/mol. The number of benzene rings is 1. The molecule has 1 radical (unpaired) electrons. The number of nitrogens with zero attached hydrogens (tertiary/aromatic N) is 1. The molecule has 1 aromatic heterocycles. The number of alkyl halides is 3. The van der Waals surface area contributed by atoms with Crippen molar-refractivity contribution in [1.82, 2.24) is 4.98 Å². The van der Waals surface area contributed by atoms with Crippen LogP contribution in [-0.4, -0.2) is 4.98 Å². The van der Waals surface area contributed by atoms with Crippen LogP contribution in [0.15, 0.2) is 30.5 Å². The average molecular weight is 454 g/mol. The predicted octanol–water partition coefficient (Wildman–Crippen LogP) is 4.20. The number of hydrogen-bond donors (Lipinski definition) is 0. The Morgan fingerprint density at radius 2 is 1.90 bits per heavy atom. The van der Waals surface area contributed by atoms with Crippen LogP contribution in [0.3, 0.4) is 0 Å². The molecule has 20 heavy (non-hydrogen) atoms. The van der Waals surface area contributed by atoms with E-state index in [4.69, 9.17) is 0 Å². The Morgan fingerprint density at radius 1 is 1.20 bits per heavy atom. The molecule has 0 atom stereocenters. The SMILES string of the molecule is CC1(C)c2ccc[c-]c2-c2ncc(C(F)(F)F)cc21.[Ir]. The van der Waals surface area contributed by atoms with E-state index in [1.54, 1.807) is 6.07 Å². The van der Waals surface area contributed by atoms with Crippen LogP contribution in [0.25, 0.3) is 11.3 Å². The van der Waals surface area contributed by atoms with Gasteiger partial charge in [-0.25, -0.2) is 0 Å². The Kier molecular flexibility index (Phi) is 3.55. The van der Waals surface area contributed by atoms with Crippen LogP contribution in [0.1, 0.15) is 30.5 Å². The fraction of sp³-hybridized carbons (Fsp3) is 0.267. The molecule has 0 saturated carbocycles. The third-order valence-corrected chi connectivity index (χ3v) is 3.65. The van der Waals surface area contributed by atoms with E-state index < -0.39 is 17.2 Å². The standard InChI is InChI=1S/C15H11F3N.Ir/c1-14(2)11-6-4-3-5-10(11)13-12(14)7-9(8-19-13)15(16,17)18;/h3-4,6-8H,1-2H3;/q-1;. The van der Waals surface area contributed by atoms with E-state index in [0.29, 0.717) is 11.3 Å². The quantitative estimate of drug-likeness (QED) is 0.544. The maximum Gasteiger partial charge on any atom is 0.417 e. The minimum Gasteiger partial charge on any atom is -0.304 e. The van der Waals surface area contributed by atoms with Crippen LogP contribution >= 0.6 is 0 Å². The summed E-state index contributed by atoms with van der Waals surface area (Å²) in [5, 5.41) is 0. The number of fused-ring (bicyclic) bond motifs is 3. The topological polar surface area (TPSA) is 12.9 Å². The first-order valence-electron chi connectivity index (χ1n) is 5.91. The van der Waals surface area contributed by atoms with Crippen LogP contribution in [0.4, 0.5) is 13.2 Å². The molecule has 107 valence electrons. The fourth-order valence-electron chi connectivity index (χ4n) is 2.59. The fourth-order valence-corrected chi connectivity index (χ4v) is 2.59. The van der Waals surface area contributed by atoms with Crippen molar-refractivity contribution in [1.29, 1.82) is 0 Å². The van der Waals surface area contributed by atoms with Gasteiger partial charge in [-0.05, 0) is 11.1 Å². The third-order valence-electron chi connectivity index (χ3n) is 3.65. The second kappa shape index (κ2) is 4.67. The molecule has 1 nitrogen and oxygen atoms in total. The van der Waals surface area contributed by atoms with Gasteiger partial charge in [-0.2, -0.15) is 13.2 Å². The minimum atomic E-state index is -4.36. The second-order valence-electron chi connectivity index (χ2n) is 5.20. The van der Waals surface area contributed by atoms with Crippen LogP contribution in [0.2, 0.25) is 0 Å². The van der Waals surface area contributed by atoms with Gasteiger partial charge in [0.15, 0.2) is 0 Å². The number of rotatable bonds is 0. The van der Waals surface area contributed by atoms with Crippen molar-refractivity contribution in [3.63, 3.8) is 0 Å². The summed E-state index contributed by atoms with van der Waals surface area (Å²) >= 11 is 0. The molecule has 0 N–H and O–H groups in total. The van der Waals surface area contributed by atoms with E-state index in [9.17, 15) is 13.2 Å². The van der Waals surface area contributed by atoms with E-state index in [1.165, 1.54) is 6.07 Å². The molecule has 0 spiro atoms. The van der Waals surface area contributed by atoms with Gasteiger partial charge in [0.1, 0.15) is 0 Å². The molecule has 3 rings (SSSR count). The molecular weight excluding hydrogens is 443 g/mol. The van der Waals surface area contributed by atoms with Crippen molar-refractivity contribution >= 4 is 0 Å². The first kappa shape index (κ1) is 15.2. The van der Waals surface area contributed by atoms with E-state index >= 15 is 0 Å². The maximum atomic E-state index is 12.8. The minimum absolute atomic E-state index is 0. The van der Waals surface area contributed by atoms with Crippen molar-refractivity contribution in [3.05, 3.63) is 53.2 Å². The van der Waals surface area contributed by atoms with Gasteiger partial charge in [-0.3, -0.25) is 0 Å². The van der Waals surface area contributed by atoms with Crippen LogP contribution in [0.5, 0.6) is 0 Å². The molecule has 0 fully saturated rings. The largest absolute Gasteiger partial charge is 0.417 e. The Bertz CT molecular complexity index is 662. The number of hydrogen-bond acceptors (Lipinski definition) is 1. The average Bonchev–Trinajstić information content (AvgIpc) is 2.58. The zero-order chi connectivity index (χ0) is 13.8. The van der Waals surface area contributed by atoms with Gasteiger partial charge < -0.3 is 4.98 Å². The van der Waals surface area contributed by atoms with Gasteiger partial charge in [0, 0.05) is 26.3 Å². The van der Waals surface area contributed by atoms with E-state index in [-0.39, 0.29) is 20.1 Å². The van der Waals surface area contributed by atoms with Crippen molar-refractivity contribution in [2.75, 3.05) is 0 Å². The van der Waals surface area contributed by atoms with Crippen molar-refractivity contribution < 1.29 is 33.3 Å². The summed E-state index contributed by atoms with van der Waals surface area (Å²) in [7, 11) is 0. The molecule has 1 heterocycles. The Balaban J connectivity index is 0.00000147. The zero-order valence-corrected chi connectivity index (χ0v) is 13.2. The second-order valence-corrected chi connectivity index (χ2v) is 5.20. The molecule has 0 saturated heterocycles. The van der Waals surface area contributed by atoms with E-state index in [1.807, 2.05) is 26.0 Å². The number of halogens is 3. The van der Waals surface area contributed by atoms with E-state index in [0.717, 1.165) is 17.3 Å². The van der Waals surface area contributed by atoms with Gasteiger partial charge in [0.2, 0.25) is 0 Å². The Hall–Kier alpha value is -1.19. The van der Waals surface area contributed by atoms with Crippen LogP contribution < -0.4 is 0 Å². The van der Waals surface area contributed by atoms with E-state index in [2.05, 4.69) is 11.1 Å². The third kappa shape index (κ3) is 2.09. The van der Waals surface area contributed by atoms with Crippen molar-refractivity contribution in [2.24, 2.45) is 0 Å². The van der Waals surface area contributed by atoms with Gasteiger partial charge in [0.05, 0.1) is 5.56 Å². The normalized spacial score (nSPS) is 15.2. The smallest absolute Gasteiger partial charge is 0.304 e. The van der Waals surface area contributed by atoms with Crippen LogP contribution in [-0.2, 0) is 31.7 Å². The molecule has 0 amide bonds. The summed E-state index contributed by atoms with van der Waals surface area (Å²) in [6.07, 6.45) is -3.47. The maximum absolute atomic E-state index is 12.8. The molecule has 0 bridgehead atoms. The van der Waals surface area contributed by atoms with Gasteiger partial charge >= 0.3 is 6.18 Å². The van der Waals surface area contributed by atoms with Gasteiger partial charge in [-0.15, -0.1) is 35.4 Å². The summed E-state index contributed by atoms with van der Waals surface area (Å²) < 4.78 is 38.4. The zero-order valence-electron chi connectivity index (χ0n) is 10.8. The van der Waals surface area contributed by atoms with Gasteiger partial charge in [-0.1, -0.05) is 25.5 Å². The summed E-state index contributed by atoms with van der Waals surface area (Å²) in [6, 6.07) is 9.79. The molecule has 1 aliphatic carbocycles. The summed E-state index contributed by atoms with van der Waals surface area (Å²) in [5.74, 6) is 0. The summed E-state index contributed by atoms with van der Waals surface area (Å²) in [5.41, 5.74) is 1.81. The first-order chi connectivity index (χ1) is 8.82. The Morgan fingerprint density at radius 3 is 2.55 bits per heavy atom. The van der Waals surface area contributed by atoms with Crippen molar-refractivity contribution in [3.8, 4) is 11.3 Å². The summed E-state index contributed by atoms with van der Waals surface area (Å²) in [4.78, 5) is 4.01. The Labute approximate surface area is 128 Å². The molecule has 1 aliphatic rings. The molecule has 1 aromatic carbocycles. The molecule has 0 aliphatic heterocycles. The number of pyridine rings is 1. The first-order valence-corrected chi connectivity index (χ1v) is 5.91. The molecule has 0 unspecified atom stereocenters. The van der Waals surface area contributed by atoms with Gasteiger partial charge in [0.25, 0.3) is 0 Å².